The van der Waals surface area contributed by atoms with Gasteiger partial charge in [0.1, 0.15) is 24.0 Å². The number of nitrogens with zero attached hydrogens (tertiary/aromatic N) is 4. The SMILES string of the molecule is [2H]C([2H])([2H])c1cc(-c2cccc3c4ccccc4c4ccccc4c4cccc5c4n(c23)CN5c2cccc(Oc3ccc4c5cc(C(C)(C)C)ccc5n(-c5cc(C(C)(C)C)ccn5)c4c3)c2)cc(C(C)(C)C)c1. The molecule has 8 aromatic carbocycles. The number of hydrogen-bond acceptors (Lipinski definition) is 3. The third kappa shape index (κ3) is 7.65. The summed E-state index contributed by atoms with van der Waals surface area (Å²) in [5, 5.41) is 9.04. The molecular weight excluding hydrogens is 877 g/mol. The first kappa shape index (κ1) is 41.9. The zero-order valence-corrected chi connectivity index (χ0v) is 42.7. The van der Waals surface area contributed by atoms with Crippen LogP contribution in [0.3, 0.4) is 0 Å². The van der Waals surface area contributed by atoms with E-state index < -0.39 is 6.85 Å². The second-order valence-electron chi connectivity index (χ2n) is 22.8. The van der Waals surface area contributed by atoms with Gasteiger partial charge in [0, 0.05) is 55.2 Å². The van der Waals surface area contributed by atoms with Gasteiger partial charge < -0.3 is 14.2 Å². The third-order valence-corrected chi connectivity index (χ3v) is 14.8. The lowest BCUT2D eigenvalue weighted by Crippen LogP contribution is -2.15. The minimum atomic E-state index is -2.29. The number of para-hydroxylation sites is 2. The number of fused-ring (bicyclic) bond motifs is 10. The largest absolute Gasteiger partial charge is 0.457 e. The second-order valence-corrected chi connectivity index (χ2v) is 22.8. The summed E-state index contributed by atoms with van der Waals surface area (Å²) in [6, 6.07) is 62.5. The lowest BCUT2D eigenvalue weighted by atomic mass is 9.84. The molecule has 0 saturated carbocycles. The fourth-order valence-electron chi connectivity index (χ4n) is 11.0. The predicted molar refractivity (Wildman–Crippen MR) is 306 cm³/mol. The van der Waals surface area contributed by atoms with Gasteiger partial charge >= 0.3 is 0 Å². The summed E-state index contributed by atoms with van der Waals surface area (Å²) >= 11 is 0. The van der Waals surface area contributed by atoms with E-state index in [4.69, 9.17) is 13.8 Å². The highest BCUT2D eigenvalue weighted by Gasteiger charge is 2.27. The quantitative estimate of drug-likeness (QED) is 0.172. The molecule has 0 amide bonds. The molecule has 12 rings (SSSR count). The molecule has 0 N–H and O–H groups in total. The first-order chi connectivity index (χ1) is 35.7. The summed E-state index contributed by atoms with van der Waals surface area (Å²) in [6.07, 6.45) is 1.92. The highest BCUT2D eigenvalue weighted by atomic mass is 16.5. The second kappa shape index (κ2) is 16.6. The molecule has 1 aliphatic heterocycles. The van der Waals surface area contributed by atoms with Crippen LogP contribution in [0.4, 0.5) is 11.4 Å². The number of hydrogen-bond donors (Lipinski definition) is 0. The average molecular weight is 942 g/mol. The predicted octanol–water partition coefficient (Wildman–Crippen LogP) is 18.5. The molecule has 0 radical (unpaired) electrons. The van der Waals surface area contributed by atoms with E-state index in [1.54, 1.807) is 0 Å². The molecule has 0 bridgehead atoms. The van der Waals surface area contributed by atoms with E-state index in [9.17, 15) is 0 Å². The average Bonchev–Trinajstić information content (AvgIpc) is 3.95. The molecule has 0 saturated heterocycles. The molecule has 5 nitrogen and oxygen atoms in total. The van der Waals surface area contributed by atoms with Gasteiger partial charge in [0.15, 0.2) is 0 Å². The summed E-state index contributed by atoms with van der Waals surface area (Å²) in [5.74, 6) is 2.31. The van der Waals surface area contributed by atoms with E-state index >= 15 is 0 Å². The van der Waals surface area contributed by atoms with Crippen LogP contribution in [0.5, 0.6) is 11.5 Å². The van der Waals surface area contributed by atoms with Crippen molar-refractivity contribution >= 4 is 76.5 Å². The Morgan fingerprint density at radius 3 is 1.79 bits per heavy atom. The number of anilines is 2. The maximum absolute atomic E-state index is 8.63. The van der Waals surface area contributed by atoms with Crippen molar-refractivity contribution in [3.05, 3.63) is 204 Å². The van der Waals surface area contributed by atoms with E-state index in [-0.39, 0.29) is 16.2 Å². The summed E-state index contributed by atoms with van der Waals surface area (Å²) < 4.78 is 37.6. The highest BCUT2D eigenvalue weighted by molar-refractivity contribution is 6.22. The van der Waals surface area contributed by atoms with E-state index in [0.717, 1.165) is 99.4 Å². The van der Waals surface area contributed by atoms with E-state index in [1.165, 1.54) is 16.5 Å². The number of aromatic nitrogens is 3. The van der Waals surface area contributed by atoms with Crippen LogP contribution in [0.2, 0.25) is 0 Å². The van der Waals surface area contributed by atoms with Gasteiger partial charge in [-0.2, -0.15) is 0 Å². The topological polar surface area (TPSA) is 35.2 Å². The molecule has 0 spiro atoms. The van der Waals surface area contributed by atoms with Crippen LogP contribution < -0.4 is 9.64 Å². The Hall–Kier alpha value is -7.89. The summed E-state index contributed by atoms with van der Waals surface area (Å²) in [4.78, 5) is 7.35. The van der Waals surface area contributed by atoms with Gasteiger partial charge in [-0.1, -0.05) is 177 Å². The van der Waals surface area contributed by atoms with Gasteiger partial charge in [-0.25, -0.2) is 4.98 Å². The fourth-order valence-corrected chi connectivity index (χ4v) is 11.0. The van der Waals surface area contributed by atoms with Crippen molar-refractivity contribution in [3.63, 3.8) is 0 Å². The highest BCUT2D eigenvalue weighted by Crippen LogP contribution is 2.46. The van der Waals surface area contributed by atoms with Crippen molar-refractivity contribution < 1.29 is 8.85 Å². The molecule has 0 aliphatic carbocycles. The molecule has 4 heterocycles. The first-order valence-electron chi connectivity index (χ1n) is 26.7. The maximum Gasteiger partial charge on any atom is 0.137 e. The van der Waals surface area contributed by atoms with E-state index in [1.807, 2.05) is 24.4 Å². The van der Waals surface area contributed by atoms with E-state index in [2.05, 4.69) is 234 Å². The fraction of sp³-hybridized carbons (Fsp3) is 0.209. The number of pyridine rings is 1. The smallest absolute Gasteiger partial charge is 0.137 e. The molecule has 0 unspecified atom stereocenters. The number of aryl methyl sites for hydroxylation is 1. The van der Waals surface area contributed by atoms with E-state index in [0.29, 0.717) is 18.0 Å². The van der Waals surface area contributed by atoms with Crippen LogP contribution in [0.15, 0.2) is 182 Å². The minimum absolute atomic E-state index is 0.0178. The van der Waals surface area contributed by atoms with Crippen LogP contribution >= 0.6 is 0 Å². The minimum Gasteiger partial charge on any atom is -0.457 e. The lowest BCUT2D eigenvalue weighted by molar-refractivity contribution is 0.483. The number of rotatable bonds is 5. The normalized spacial score (nSPS) is 13.8. The number of benzene rings is 8. The Morgan fingerprint density at radius 2 is 1.10 bits per heavy atom. The van der Waals surface area contributed by atoms with Crippen LogP contribution in [0.25, 0.3) is 82.1 Å². The van der Waals surface area contributed by atoms with Crippen molar-refractivity contribution in [1.82, 2.24) is 14.1 Å². The van der Waals surface area contributed by atoms with Crippen molar-refractivity contribution in [1.29, 1.82) is 0 Å². The standard InChI is InChI=1S/C67H62N4O/c1-42-34-43(36-46(35-42)67(8,9)10)50-24-16-25-56-53-22-13-11-20-51(53)52-21-12-14-23-54(52)57-26-17-27-60-64(57)70(63(50)56)41-69(60)47-18-15-19-48(39-47)72-49-29-30-55-58-37-44(65(2,3)4)28-31-59(58)71(61(55)40-49)62-38-45(32-33-68-62)66(5,6)7/h11-40H,41H2,1-10H3/i1D3. The molecule has 3 aromatic heterocycles. The van der Waals surface area contributed by atoms with Gasteiger partial charge in [0.25, 0.3) is 0 Å². The molecule has 72 heavy (non-hydrogen) atoms. The Bertz CT molecular complexity index is 4160. The Labute approximate surface area is 427 Å². The maximum atomic E-state index is 8.63. The van der Waals surface area contributed by atoms with Crippen molar-refractivity contribution in [2.45, 2.75) is 92.1 Å². The zero-order chi connectivity index (χ0) is 52.3. The summed E-state index contributed by atoms with van der Waals surface area (Å²) in [5.41, 5.74) is 11.5. The van der Waals surface area contributed by atoms with Gasteiger partial charge in [-0.05, 0) is 121 Å². The first-order valence-corrected chi connectivity index (χ1v) is 25.2. The molecule has 1 aliphatic rings. The number of ether oxygens (including phenoxy) is 1. The Balaban J connectivity index is 1.05. The molecule has 11 aromatic rings. The monoisotopic (exact) mass is 942 g/mol. The van der Waals surface area contributed by atoms with Gasteiger partial charge in [-0.3, -0.25) is 4.57 Å². The molecule has 356 valence electrons. The van der Waals surface area contributed by atoms with Crippen molar-refractivity contribution in [2.24, 2.45) is 0 Å². The molecule has 0 fully saturated rings. The van der Waals surface area contributed by atoms with Gasteiger partial charge in [-0.15, -0.1) is 0 Å². The summed E-state index contributed by atoms with van der Waals surface area (Å²) in [7, 11) is 0. The molecule has 5 heteroatoms. The van der Waals surface area contributed by atoms with Crippen LogP contribution in [0, 0.1) is 6.85 Å². The van der Waals surface area contributed by atoms with Crippen molar-refractivity contribution in [3.8, 4) is 28.4 Å². The zero-order valence-electron chi connectivity index (χ0n) is 45.7. The Kier molecular flexibility index (Phi) is 9.65. The van der Waals surface area contributed by atoms with Crippen molar-refractivity contribution in [2.75, 3.05) is 4.90 Å². The van der Waals surface area contributed by atoms with Gasteiger partial charge in [0.2, 0.25) is 0 Å². The van der Waals surface area contributed by atoms with Crippen LogP contribution in [0.1, 0.15) is 88.7 Å². The molecular formula is C67H62N4O. The summed E-state index contributed by atoms with van der Waals surface area (Å²) in [6.45, 7) is 18.1. The van der Waals surface area contributed by atoms with Crippen LogP contribution in [-0.4, -0.2) is 14.1 Å². The lowest BCUT2D eigenvalue weighted by Gasteiger charge is -2.22. The van der Waals surface area contributed by atoms with Gasteiger partial charge in [0.05, 0.1) is 27.8 Å². The third-order valence-electron chi connectivity index (χ3n) is 14.8. The molecule has 0 atom stereocenters. The van der Waals surface area contributed by atoms with Crippen LogP contribution in [-0.2, 0) is 22.9 Å². The Morgan fingerprint density at radius 1 is 0.472 bits per heavy atom.